The molecule has 0 unspecified atom stereocenters. The molecule has 6 aromatic rings. The Morgan fingerprint density at radius 2 is 0.812 bits per heavy atom. The highest BCUT2D eigenvalue weighted by atomic mass is 19.1. The number of fused-ring (bicyclic) bond motifs is 4. The largest absolute Gasteiger partial charge is 0.508 e. The van der Waals surface area contributed by atoms with Gasteiger partial charge in [0.2, 0.25) is 0 Å². The third-order valence-electron chi connectivity index (χ3n) is 9.08. The van der Waals surface area contributed by atoms with Gasteiger partial charge in [0.1, 0.15) is 23.1 Å². The summed E-state index contributed by atoms with van der Waals surface area (Å²) in [5.74, 6) is 0.153. The van der Waals surface area contributed by atoms with Gasteiger partial charge in [-0.15, -0.1) is 0 Å². The Morgan fingerprint density at radius 3 is 1.25 bits per heavy atom. The average molecular weight is 633 g/mol. The van der Waals surface area contributed by atoms with E-state index in [-0.39, 0.29) is 23.1 Å². The summed E-state index contributed by atoms with van der Waals surface area (Å²) in [6.07, 6.45) is 7.08. The van der Waals surface area contributed by atoms with Crippen LogP contribution in [0.2, 0.25) is 0 Å². The van der Waals surface area contributed by atoms with Gasteiger partial charge in [0.15, 0.2) is 0 Å². The van der Waals surface area contributed by atoms with Crippen LogP contribution < -0.4 is 0 Å². The number of phenolic OH excluding ortho intramolecular Hbond substituents is 2. The van der Waals surface area contributed by atoms with E-state index >= 15 is 0 Å². The van der Waals surface area contributed by atoms with Gasteiger partial charge >= 0.3 is 0 Å². The van der Waals surface area contributed by atoms with Crippen molar-refractivity contribution in [1.82, 2.24) is 0 Å². The Bertz CT molecular complexity index is 2040. The fourth-order valence-electron chi connectivity index (χ4n) is 6.82. The Morgan fingerprint density at radius 1 is 0.417 bits per heavy atom. The number of halogens is 2. The molecule has 2 aliphatic rings. The second-order valence-corrected chi connectivity index (χ2v) is 12.2. The van der Waals surface area contributed by atoms with E-state index in [4.69, 9.17) is 0 Å². The van der Waals surface area contributed by atoms with E-state index in [1.807, 2.05) is 72.8 Å². The summed E-state index contributed by atoms with van der Waals surface area (Å²) >= 11 is 0. The summed E-state index contributed by atoms with van der Waals surface area (Å²) in [7, 11) is 0. The minimum atomic E-state index is -0.151. The first kappa shape index (κ1) is 30.9. The fraction of sp³-hybridized carbons (Fsp3) is 0.0909. The van der Waals surface area contributed by atoms with E-state index in [0.29, 0.717) is 12.8 Å². The lowest BCUT2D eigenvalue weighted by atomic mass is 9.92. The van der Waals surface area contributed by atoms with E-state index in [1.165, 1.54) is 23.3 Å². The summed E-state index contributed by atoms with van der Waals surface area (Å²) in [4.78, 5) is 0. The molecule has 0 fully saturated rings. The van der Waals surface area contributed by atoms with Gasteiger partial charge in [-0.25, -0.2) is 8.78 Å². The van der Waals surface area contributed by atoms with Gasteiger partial charge in [-0.3, -0.25) is 0 Å². The highest BCUT2D eigenvalue weighted by Crippen LogP contribution is 2.37. The molecular weight excluding hydrogens is 598 g/mol. The van der Waals surface area contributed by atoms with E-state index < -0.39 is 0 Å². The molecule has 0 aliphatic heterocycles. The summed E-state index contributed by atoms with van der Waals surface area (Å²) in [6.45, 7) is 0. The Balaban J connectivity index is 0.000000152. The van der Waals surface area contributed by atoms with Gasteiger partial charge in [0.25, 0.3) is 0 Å². The molecule has 48 heavy (non-hydrogen) atoms. The van der Waals surface area contributed by atoms with Crippen LogP contribution >= 0.6 is 0 Å². The zero-order chi connectivity index (χ0) is 33.0. The molecule has 0 radical (unpaired) electrons. The summed E-state index contributed by atoms with van der Waals surface area (Å²) in [6, 6.07) is 41.3. The van der Waals surface area contributed by atoms with Gasteiger partial charge in [0, 0.05) is 0 Å². The molecule has 6 aromatic carbocycles. The van der Waals surface area contributed by atoms with Crippen molar-refractivity contribution in [3.63, 3.8) is 0 Å². The van der Waals surface area contributed by atoms with Gasteiger partial charge in [0.05, 0.1) is 0 Å². The number of rotatable bonds is 2. The van der Waals surface area contributed by atoms with E-state index in [1.54, 1.807) is 36.4 Å². The molecule has 0 spiro atoms. The Hall–Kier alpha value is -5.74. The predicted molar refractivity (Wildman–Crippen MR) is 191 cm³/mol. The molecule has 0 heterocycles. The van der Waals surface area contributed by atoms with Crippen molar-refractivity contribution in [2.24, 2.45) is 0 Å². The lowest BCUT2D eigenvalue weighted by Gasteiger charge is -2.12. The maximum absolute atomic E-state index is 14.4. The standard InChI is InChI=1S/2C22H17FO/c2*23-22-10-4-9-19-20(22)12-11-16-6-1-2-8-18(16)21(19)14-15-5-3-7-17(24)13-15/h2*1-10,13-14,24H,11-12H2/b21-14+;21-14-. The molecule has 0 saturated carbocycles. The maximum atomic E-state index is 14.4. The third-order valence-corrected chi connectivity index (χ3v) is 9.08. The predicted octanol–water partition coefficient (Wildman–Crippen LogP) is 10.4. The molecule has 0 atom stereocenters. The first-order valence-corrected chi connectivity index (χ1v) is 16.2. The average Bonchev–Trinajstić information content (AvgIpc) is 3.35. The van der Waals surface area contributed by atoms with Crippen LogP contribution in [-0.4, -0.2) is 10.2 Å². The summed E-state index contributed by atoms with van der Waals surface area (Å²) in [5, 5.41) is 19.5. The Labute approximate surface area is 279 Å². The minimum Gasteiger partial charge on any atom is -0.508 e. The first-order valence-electron chi connectivity index (χ1n) is 16.2. The number of hydrogen-bond acceptors (Lipinski definition) is 2. The van der Waals surface area contributed by atoms with Crippen molar-refractivity contribution < 1.29 is 19.0 Å². The van der Waals surface area contributed by atoms with Crippen LogP contribution in [0.1, 0.15) is 55.6 Å². The minimum absolute atomic E-state index is 0.151. The SMILES string of the molecule is Oc1cccc(/C=C2/c3ccccc3CCc3c(F)cccc32)c1.Oc1cccc(/C=C2\c3ccccc3CCc3c(F)cccc32)c1. The van der Waals surface area contributed by atoms with Crippen molar-refractivity contribution in [3.05, 3.63) is 201 Å². The second kappa shape index (κ2) is 13.5. The van der Waals surface area contributed by atoms with Gasteiger partial charge in [-0.05, 0) is 141 Å². The molecule has 0 bridgehead atoms. The van der Waals surface area contributed by atoms with Crippen LogP contribution in [0, 0.1) is 11.6 Å². The smallest absolute Gasteiger partial charge is 0.127 e. The fourth-order valence-corrected chi connectivity index (χ4v) is 6.82. The van der Waals surface area contributed by atoms with Gasteiger partial charge in [-0.2, -0.15) is 0 Å². The van der Waals surface area contributed by atoms with E-state index in [9.17, 15) is 19.0 Å². The molecular formula is C44H34F2O2. The lowest BCUT2D eigenvalue weighted by Crippen LogP contribution is -1.96. The highest BCUT2D eigenvalue weighted by molar-refractivity contribution is 5.95. The molecule has 2 N–H and O–H groups in total. The quantitative estimate of drug-likeness (QED) is 0.199. The zero-order valence-electron chi connectivity index (χ0n) is 26.3. The number of phenols is 2. The Kier molecular flexibility index (Phi) is 8.72. The van der Waals surface area contributed by atoms with Crippen molar-refractivity contribution in [2.45, 2.75) is 25.7 Å². The van der Waals surface area contributed by atoms with Crippen LogP contribution in [0.5, 0.6) is 11.5 Å². The number of benzene rings is 6. The van der Waals surface area contributed by atoms with Crippen LogP contribution in [-0.2, 0) is 25.7 Å². The monoisotopic (exact) mass is 632 g/mol. The molecule has 8 rings (SSSR count). The van der Waals surface area contributed by atoms with Crippen LogP contribution in [0.25, 0.3) is 23.3 Å². The summed E-state index contributed by atoms with van der Waals surface area (Å²) < 4.78 is 28.8. The molecule has 0 aromatic heterocycles. The van der Waals surface area contributed by atoms with Crippen molar-refractivity contribution >= 4 is 23.3 Å². The highest BCUT2D eigenvalue weighted by Gasteiger charge is 2.21. The third kappa shape index (κ3) is 6.43. The topological polar surface area (TPSA) is 40.5 Å². The van der Waals surface area contributed by atoms with Crippen molar-refractivity contribution in [3.8, 4) is 11.5 Å². The van der Waals surface area contributed by atoms with Gasteiger partial charge in [-0.1, -0.05) is 97.1 Å². The molecule has 0 saturated heterocycles. The molecule has 2 nitrogen and oxygen atoms in total. The molecule has 4 heteroatoms. The van der Waals surface area contributed by atoms with Gasteiger partial charge < -0.3 is 10.2 Å². The maximum Gasteiger partial charge on any atom is 0.127 e. The number of hydrogen-bond donors (Lipinski definition) is 2. The van der Waals surface area contributed by atoms with Crippen molar-refractivity contribution in [1.29, 1.82) is 0 Å². The van der Waals surface area contributed by atoms with Crippen LogP contribution in [0.3, 0.4) is 0 Å². The first-order chi connectivity index (χ1) is 23.4. The van der Waals surface area contributed by atoms with Crippen LogP contribution in [0.4, 0.5) is 8.78 Å². The lowest BCUT2D eigenvalue weighted by molar-refractivity contribution is 0.474. The molecule has 2 aliphatic carbocycles. The number of aromatic hydroxyl groups is 2. The summed E-state index contributed by atoms with van der Waals surface area (Å²) in [5.41, 5.74) is 11.9. The zero-order valence-corrected chi connectivity index (χ0v) is 26.3. The van der Waals surface area contributed by atoms with E-state index in [2.05, 4.69) is 24.3 Å². The van der Waals surface area contributed by atoms with Crippen LogP contribution in [0.15, 0.2) is 133 Å². The number of aryl methyl sites for hydroxylation is 2. The van der Waals surface area contributed by atoms with E-state index in [0.717, 1.165) is 68.5 Å². The van der Waals surface area contributed by atoms with Crippen molar-refractivity contribution in [2.75, 3.05) is 0 Å². The normalized spacial score (nSPS) is 14.8. The second-order valence-electron chi connectivity index (χ2n) is 12.2. The molecule has 0 amide bonds. The molecule has 236 valence electrons.